The van der Waals surface area contributed by atoms with Crippen molar-refractivity contribution in [3.63, 3.8) is 0 Å². The third kappa shape index (κ3) is 4.19. The molecular weight excluding hydrogens is 288 g/mol. The highest BCUT2D eigenvalue weighted by molar-refractivity contribution is 7.80. The average Bonchev–Trinajstić information content (AvgIpc) is 2.48. The molecule has 0 radical (unpaired) electrons. The Kier molecular flexibility index (Phi) is 4.73. The minimum absolute atomic E-state index is 0.0659. The number of phenols is 1. The van der Waals surface area contributed by atoms with Gasteiger partial charge in [-0.1, -0.05) is 30.3 Å². The number of phenolic OH excluding ortho intramolecular Hbond substituents is 1. The zero-order valence-electron chi connectivity index (χ0n) is 11.0. The Bertz CT molecular complexity index is 659. The van der Waals surface area contributed by atoms with Crippen LogP contribution < -0.4 is 10.6 Å². The molecule has 21 heavy (non-hydrogen) atoms. The highest BCUT2D eigenvalue weighted by Crippen LogP contribution is 2.24. The smallest absolute Gasteiger partial charge is 0.335 e. The van der Waals surface area contributed by atoms with Gasteiger partial charge in [-0.15, -0.1) is 0 Å². The largest absolute Gasteiger partial charge is 0.506 e. The Labute approximate surface area is 127 Å². The van der Waals surface area contributed by atoms with Crippen molar-refractivity contribution in [1.82, 2.24) is 5.32 Å². The standard InChI is InChI=1S/C15H14N2O3S/c18-13-7-6-11(14(19)20)8-12(13)17-15(21)16-9-10-4-2-1-3-5-10/h1-8,18H,9H2,(H,19,20)(H2,16,17,21). The van der Waals surface area contributed by atoms with Crippen molar-refractivity contribution in [1.29, 1.82) is 0 Å². The van der Waals surface area contributed by atoms with Crippen molar-refractivity contribution in [2.24, 2.45) is 0 Å². The minimum Gasteiger partial charge on any atom is -0.506 e. The predicted molar refractivity (Wildman–Crippen MR) is 84.6 cm³/mol. The summed E-state index contributed by atoms with van der Waals surface area (Å²) in [7, 11) is 0. The molecule has 108 valence electrons. The first kappa shape index (κ1) is 14.8. The highest BCUT2D eigenvalue weighted by Gasteiger charge is 2.08. The van der Waals surface area contributed by atoms with E-state index in [1.807, 2.05) is 30.3 Å². The Morgan fingerprint density at radius 3 is 2.52 bits per heavy atom. The van der Waals surface area contributed by atoms with Gasteiger partial charge in [0.05, 0.1) is 11.3 Å². The number of aromatic hydroxyl groups is 1. The second-order valence-corrected chi connectivity index (χ2v) is 4.74. The number of nitrogens with one attached hydrogen (secondary N) is 2. The fourth-order valence-corrected chi connectivity index (χ4v) is 1.90. The number of rotatable bonds is 4. The maximum absolute atomic E-state index is 10.9. The molecule has 0 amide bonds. The van der Waals surface area contributed by atoms with Gasteiger partial charge in [0.25, 0.3) is 0 Å². The summed E-state index contributed by atoms with van der Waals surface area (Å²) in [5, 5.41) is 24.7. The number of thiocarbonyl (C=S) groups is 1. The van der Waals surface area contributed by atoms with Gasteiger partial charge in [0, 0.05) is 6.54 Å². The number of hydrogen-bond donors (Lipinski definition) is 4. The summed E-state index contributed by atoms with van der Waals surface area (Å²) in [6.07, 6.45) is 0. The SMILES string of the molecule is O=C(O)c1ccc(O)c(NC(=S)NCc2ccccc2)c1. The Balaban J connectivity index is 1.99. The molecule has 2 aromatic carbocycles. The topological polar surface area (TPSA) is 81.6 Å². The molecule has 0 aliphatic heterocycles. The van der Waals surface area contributed by atoms with Crippen molar-refractivity contribution < 1.29 is 15.0 Å². The number of hydrogen-bond acceptors (Lipinski definition) is 3. The van der Waals surface area contributed by atoms with Crippen LogP contribution in [0.5, 0.6) is 5.75 Å². The Morgan fingerprint density at radius 2 is 1.86 bits per heavy atom. The second-order valence-electron chi connectivity index (χ2n) is 4.33. The van der Waals surface area contributed by atoms with Crippen molar-refractivity contribution in [2.45, 2.75) is 6.54 Å². The van der Waals surface area contributed by atoms with E-state index in [0.29, 0.717) is 11.7 Å². The molecule has 5 nitrogen and oxygen atoms in total. The summed E-state index contributed by atoms with van der Waals surface area (Å²) < 4.78 is 0. The monoisotopic (exact) mass is 302 g/mol. The van der Waals surface area contributed by atoms with Crippen molar-refractivity contribution in [3.8, 4) is 5.75 Å². The number of carboxylic acid groups (broad SMARTS) is 1. The lowest BCUT2D eigenvalue weighted by Crippen LogP contribution is -2.28. The van der Waals surface area contributed by atoms with Crippen molar-refractivity contribution in [2.75, 3.05) is 5.32 Å². The van der Waals surface area contributed by atoms with Crippen LogP contribution in [0.25, 0.3) is 0 Å². The lowest BCUT2D eigenvalue weighted by Gasteiger charge is -2.12. The number of carboxylic acids is 1. The number of carbonyl (C=O) groups is 1. The van der Waals surface area contributed by atoms with Gasteiger partial charge in [0.1, 0.15) is 5.75 Å². The van der Waals surface area contributed by atoms with Gasteiger partial charge in [0.2, 0.25) is 0 Å². The van der Waals surface area contributed by atoms with Gasteiger partial charge in [0.15, 0.2) is 5.11 Å². The summed E-state index contributed by atoms with van der Waals surface area (Å²) >= 11 is 5.12. The molecule has 0 saturated heterocycles. The lowest BCUT2D eigenvalue weighted by molar-refractivity contribution is 0.0697. The van der Waals surface area contributed by atoms with Gasteiger partial charge in [-0.3, -0.25) is 0 Å². The third-order valence-electron chi connectivity index (χ3n) is 2.79. The van der Waals surface area contributed by atoms with Crippen molar-refractivity contribution >= 4 is 29.0 Å². The number of anilines is 1. The van der Waals surface area contributed by atoms with Gasteiger partial charge in [-0.2, -0.15) is 0 Å². The molecule has 0 heterocycles. The molecule has 4 N–H and O–H groups in total. The second kappa shape index (κ2) is 6.71. The molecule has 0 saturated carbocycles. The normalized spacial score (nSPS) is 9.90. The van der Waals surface area contributed by atoms with Crippen LogP contribution in [-0.2, 0) is 6.54 Å². The van der Waals surface area contributed by atoms with E-state index < -0.39 is 5.97 Å². The van der Waals surface area contributed by atoms with Gasteiger partial charge >= 0.3 is 5.97 Å². The van der Waals surface area contributed by atoms with E-state index in [-0.39, 0.29) is 17.0 Å². The molecule has 2 aromatic rings. The zero-order valence-corrected chi connectivity index (χ0v) is 11.9. The van der Waals surface area contributed by atoms with Gasteiger partial charge in [-0.05, 0) is 36.0 Å². The lowest BCUT2D eigenvalue weighted by atomic mass is 10.2. The summed E-state index contributed by atoms with van der Waals surface area (Å²) in [5.41, 5.74) is 1.38. The van der Waals surface area contributed by atoms with Crippen LogP contribution >= 0.6 is 12.2 Å². The van der Waals surface area contributed by atoms with Crippen LogP contribution in [0.1, 0.15) is 15.9 Å². The van der Waals surface area contributed by atoms with E-state index in [1.165, 1.54) is 18.2 Å². The average molecular weight is 302 g/mol. The Morgan fingerprint density at radius 1 is 1.14 bits per heavy atom. The van der Waals surface area contributed by atoms with E-state index in [2.05, 4.69) is 10.6 Å². The molecule has 0 spiro atoms. The first-order valence-electron chi connectivity index (χ1n) is 6.21. The molecule has 0 bridgehead atoms. The molecule has 2 rings (SSSR count). The number of aromatic carboxylic acids is 1. The van der Waals surface area contributed by atoms with Gasteiger partial charge < -0.3 is 20.8 Å². The van der Waals surface area contributed by atoms with Crippen LogP contribution in [0.4, 0.5) is 5.69 Å². The molecule has 0 aliphatic carbocycles. The molecule has 0 unspecified atom stereocenters. The highest BCUT2D eigenvalue weighted by atomic mass is 32.1. The molecule has 6 heteroatoms. The van der Waals surface area contributed by atoms with Crippen LogP contribution in [0, 0.1) is 0 Å². The van der Waals surface area contributed by atoms with Crippen LogP contribution in [-0.4, -0.2) is 21.3 Å². The molecule has 0 fully saturated rings. The molecule has 0 aromatic heterocycles. The van der Waals surface area contributed by atoms with E-state index in [4.69, 9.17) is 17.3 Å². The quantitative estimate of drug-likeness (QED) is 0.513. The van der Waals surface area contributed by atoms with Crippen LogP contribution in [0.2, 0.25) is 0 Å². The summed E-state index contributed by atoms with van der Waals surface area (Å²) in [6, 6.07) is 13.7. The fraction of sp³-hybridized carbons (Fsp3) is 0.0667. The first-order chi connectivity index (χ1) is 10.1. The fourth-order valence-electron chi connectivity index (χ4n) is 1.71. The Hall–Kier alpha value is -2.60. The third-order valence-corrected chi connectivity index (χ3v) is 3.03. The summed E-state index contributed by atoms with van der Waals surface area (Å²) in [4.78, 5) is 10.9. The van der Waals surface area contributed by atoms with Crippen molar-refractivity contribution in [3.05, 3.63) is 59.7 Å². The minimum atomic E-state index is -1.07. The first-order valence-corrected chi connectivity index (χ1v) is 6.62. The predicted octanol–water partition coefficient (Wildman–Crippen LogP) is 2.58. The van der Waals surface area contributed by atoms with E-state index in [1.54, 1.807) is 0 Å². The molecular formula is C15H14N2O3S. The maximum atomic E-state index is 10.9. The van der Waals surface area contributed by atoms with E-state index >= 15 is 0 Å². The summed E-state index contributed by atoms with van der Waals surface area (Å²) in [5.74, 6) is -1.13. The maximum Gasteiger partial charge on any atom is 0.335 e. The van der Waals surface area contributed by atoms with Gasteiger partial charge in [-0.25, -0.2) is 4.79 Å². The van der Waals surface area contributed by atoms with Crippen LogP contribution in [0.15, 0.2) is 48.5 Å². The number of benzene rings is 2. The molecule has 0 atom stereocenters. The van der Waals surface area contributed by atoms with Crippen LogP contribution in [0.3, 0.4) is 0 Å². The zero-order chi connectivity index (χ0) is 15.2. The molecule has 0 aliphatic rings. The van der Waals surface area contributed by atoms with E-state index in [9.17, 15) is 9.90 Å². The summed E-state index contributed by atoms with van der Waals surface area (Å²) in [6.45, 7) is 0.534. The van der Waals surface area contributed by atoms with E-state index in [0.717, 1.165) is 5.56 Å².